The van der Waals surface area contributed by atoms with E-state index in [4.69, 9.17) is 15.2 Å². The predicted molar refractivity (Wildman–Crippen MR) is 88.0 cm³/mol. The largest absolute Gasteiger partial charge is 0.383 e. The molecule has 1 heterocycles. The van der Waals surface area contributed by atoms with Gasteiger partial charge in [0, 0.05) is 26.2 Å². The van der Waals surface area contributed by atoms with Crippen molar-refractivity contribution in [2.45, 2.75) is 25.0 Å². The van der Waals surface area contributed by atoms with Crippen molar-refractivity contribution >= 4 is 18.3 Å². The molecule has 1 aromatic carbocycles. The van der Waals surface area contributed by atoms with Gasteiger partial charge >= 0.3 is 0 Å². The first-order valence-electron chi connectivity index (χ1n) is 7.41. The number of methoxy groups -OCH3 is 1. The molecule has 1 amide bonds. The van der Waals surface area contributed by atoms with Crippen LogP contribution in [-0.2, 0) is 14.3 Å². The van der Waals surface area contributed by atoms with Gasteiger partial charge in [0.2, 0.25) is 5.91 Å². The lowest BCUT2D eigenvalue weighted by Crippen LogP contribution is -2.46. The second kappa shape index (κ2) is 9.79. The molecule has 124 valence electrons. The molecule has 22 heavy (non-hydrogen) atoms. The maximum atomic E-state index is 11.9. The Bertz CT molecular complexity index is 444. The highest BCUT2D eigenvalue weighted by molar-refractivity contribution is 5.85. The minimum absolute atomic E-state index is 0. The third kappa shape index (κ3) is 5.25. The first-order valence-corrected chi connectivity index (χ1v) is 7.41. The van der Waals surface area contributed by atoms with Gasteiger partial charge in [-0.25, -0.2) is 0 Å². The summed E-state index contributed by atoms with van der Waals surface area (Å²) in [4.78, 5) is 11.9. The van der Waals surface area contributed by atoms with Gasteiger partial charge in [0.05, 0.1) is 12.7 Å². The first-order chi connectivity index (χ1) is 10.2. The van der Waals surface area contributed by atoms with Crippen molar-refractivity contribution in [1.82, 2.24) is 5.32 Å². The number of hydrogen-bond acceptors (Lipinski definition) is 4. The number of ether oxygens (including phenoxy) is 2. The molecule has 0 bridgehead atoms. The number of nitrogens with one attached hydrogen (secondary N) is 1. The van der Waals surface area contributed by atoms with Crippen LogP contribution in [0.25, 0.3) is 0 Å². The zero-order valence-electron chi connectivity index (χ0n) is 12.9. The predicted octanol–water partition coefficient (Wildman–Crippen LogP) is 1.67. The summed E-state index contributed by atoms with van der Waals surface area (Å²) in [5, 5.41) is 2.91. The van der Waals surface area contributed by atoms with Crippen molar-refractivity contribution in [2.75, 3.05) is 26.9 Å². The number of carbonyl (C=O) groups is 1. The zero-order valence-corrected chi connectivity index (χ0v) is 13.7. The average Bonchev–Trinajstić information content (AvgIpc) is 2.54. The molecular weight excluding hydrogens is 304 g/mol. The van der Waals surface area contributed by atoms with Gasteiger partial charge in [-0.3, -0.25) is 4.79 Å². The fourth-order valence-corrected chi connectivity index (χ4v) is 2.68. The Hall–Kier alpha value is -1.14. The van der Waals surface area contributed by atoms with Crippen molar-refractivity contribution in [1.29, 1.82) is 0 Å². The summed E-state index contributed by atoms with van der Waals surface area (Å²) < 4.78 is 10.8. The average molecular weight is 329 g/mol. The van der Waals surface area contributed by atoms with E-state index >= 15 is 0 Å². The van der Waals surface area contributed by atoms with Crippen molar-refractivity contribution in [3.8, 4) is 0 Å². The quantitative estimate of drug-likeness (QED) is 0.833. The molecule has 0 saturated carbocycles. The Morgan fingerprint density at radius 2 is 2.18 bits per heavy atom. The summed E-state index contributed by atoms with van der Waals surface area (Å²) in [6, 6.07) is 9.54. The van der Waals surface area contributed by atoms with Crippen LogP contribution in [0.1, 0.15) is 24.5 Å². The van der Waals surface area contributed by atoms with Gasteiger partial charge in [0.1, 0.15) is 6.04 Å². The summed E-state index contributed by atoms with van der Waals surface area (Å²) in [7, 11) is 1.54. The molecule has 0 radical (unpaired) electrons. The molecule has 1 aliphatic rings. The molecule has 0 aromatic heterocycles. The minimum atomic E-state index is -0.616. The fourth-order valence-electron chi connectivity index (χ4n) is 2.68. The first kappa shape index (κ1) is 18.9. The third-order valence-electron chi connectivity index (χ3n) is 3.79. The zero-order chi connectivity index (χ0) is 15.1. The Labute approximate surface area is 138 Å². The summed E-state index contributed by atoms with van der Waals surface area (Å²) in [6.07, 6.45) is 2.10. The molecule has 1 aromatic rings. The van der Waals surface area contributed by atoms with E-state index in [-0.39, 0.29) is 36.9 Å². The molecule has 0 aliphatic carbocycles. The second-order valence-electron chi connectivity index (χ2n) is 5.41. The van der Waals surface area contributed by atoms with Crippen LogP contribution in [0.4, 0.5) is 0 Å². The number of halogens is 1. The normalized spacial score (nSPS) is 22.5. The highest BCUT2D eigenvalue weighted by Gasteiger charge is 2.28. The highest BCUT2D eigenvalue weighted by atomic mass is 35.5. The Morgan fingerprint density at radius 1 is 1.45 bits per heavy atom. The molecule has 1 saturated heterocycles. The number of nitrogens with two attached hydrogens (primary N) is 1. The van der Waals surface area contributed by atoms with E-state index in [2.05, 4.69) is 17.4 Å². The van der Waals surface area contributed by atoms with Crippen LogP contribution in [0.15, 0.2) is 30.3 Å². The van der Waals surface area contributed by atoms with Crippen molar-refractivity contribution in [3.05, 3.63) is 35.9 Å². The van der Waals surface area contributed by atoms with Crippen LogP contribution in [0.2, 0.25) is 0 Å². The van der Waals surface area contributed by atoms with Crippen molar-refractivity contribution < 1.29 is 14.3 Å². The van der Waals surface area contributed by atoms with Crippen molar-refractivity contribution in [3.63, 3.8) is 0 Å². The van der Waals surface area contributed by atoms with E-state index in [1.807, 2.05) is 18.2 Å². The lowest BCUT2D eigenvalue weighted by molar-refractivity contribution is -0.124. The maximum absolute atomic E-state index is 11.9. The minimum Gasteiger partial charge on any atom is -0.383 e. The lowest BCUT2D eigenvalue weighted by Gasteiger charge is -2.32. The van der Waals surface area contributed by atoms with E-state index in [1.165, 1.54) is 7.11 Å². The Kier molecular flexibility index (Phi) is 8.42. The molecule has 3 unspecified atom stereocenters. The van der Waals surface area contributed by atoms with Gasteiger partial charge in [0.25, 0.3) is 0 Å². The van der Waals surface area contributed by atoms with Crippen LogP contribution in [0.5, 0.6) is 0 Å². The third-order valence-corrected chi connectivity index (χ3v) is 3.79. The van der Waals surface area contributed by atoms with E-state index in [0.717, 1.165) is 25.0 Å². The molecule has 0 spiro atoms. The van der Waals surface area contributed by atoms with Gasteiger partial charge in [0.15, 0.2) is 0 Å². The maximum Gasteiger partial charge on any atom is 0.239 e. The van der Waals surface area contributed by atoms with E-state index in [0.29, 0.717) is 6.54 Å². The molecule has 1 aliphatic heterocycles. The molecule has 3 N–H and O–H groups in total. The van der Waals surface area contributed by atoms with Crippen LogP contribution in [0.3, 0.4) is 0 Å². The summed E-state index contributed by atoms with van der Waals surface area (Å²) in [5.74, 6) is 0.106. The van der Waals surface area contributed by atoms with E-state index in [9.17, 15) is 4.79 Å². The van der Waals surface area contributed by atoms with E-state index < -0.39 is 6.04 Å². The van der Waals surface area contributed by atoms with Crippen LogP contribution in [-0.4, -0.2) is 38.8 Å². The molecule has 2 rings (SSSR count). The molecule has 6 heteroatoms. The van der Waals surface area contributed by atoms with E-state index in [1.54, 1.807) is 0 Å². The Balaban J connectivity index is 0.00000242. The van der Waals surface area contributed by atoms with Gasteiger partial charge in [-0.2, -0.15) is 0 Å². The van der Waals surface area contributed by atoms with Crippen molar-refractivity contribution in [2.24, 2.45) is 11.7 Å². The van der Waals surface area contributed by atoms with Gasteiger partial charge < -0.3 is 20.5 Å². The number of carbonyl (C=O) groups excluding carboxylic acids is 1. The molecule has 1 fully saturated rings. The summed E-state index contributed by atoms with van der Waals surface area (Å²) in [5.41, 5.74) is 6.89. The molecule has 5 nitrogen and oxygen atoms in total. The summed E-state index contributed by atoms with van der Waals surface area (Å²) in [6.45, 7) is 1.58. The van der Waals surface area contributed by atoms with Gasteiger partial charge in [-0.1, -0.05) is 30.3 Å². The van der Waals surface area contributed by atoms with Crippen LogP contribution >= 0.6 is 12.4 Å². The SMILES string of the molecule is COCC(N)C(=O)NCC1CCCOC1c1ccccc1.Cl. The standard InChI is InChI=1S/C16H24N2O3.ClH/c1-20-11-14(17)16(19)18-10-13-8-5-9-21-15(13)12-6-3-2-4-7-12;/h2-4,6-7,13-15H,5,8-11,17H2,1H3,(H,18,19);1H. The fraction of sp³-hybridized carbons (Fsp3) is 0.562. The number of amides is 1. The highest BCUT2D eigenvalue weighted by Crippen LogP contribution is 2.32. The number of benzene rings is 1. The summed E-state index contributed by atoms with van der Waals surface area (Å²) >= 11 is 0. The van der Waals surface area contributed by atoms with Gasteiger partial charge in [-0.15, -0.1) is 12.4 Å². The monoisotopic (exact) mass is 328 g/mol. The topological polar surface area (TPSA) is 73.6 Å². The molecular formula is C16H25ClN2O3. The lowest BCUT2D eigenvalue weighted by atomic mass is 9.89. The Morgan fingerprint density at radius 3 is 2.86 bits per heavy atom. The molecule has 3 atom stereocenters. The van der Waals surface area contributed by atoms with Crippen LogP contribution in [0, 0.1) is 5.92 Å². The number of rotatable bonds is 6. The number of hydrogen-bond donors (Lipinski definition) is 2. The van der Waals surface area contributed by atoms with Crippen LogP contribution < -0.4 is 11.1 Å². The van der Waals surface area contributed by atoms with Gasteiger partial charge in [-0.05, 0) is 18.4 Å². The second-order valence-corrected chi connectivity index (χ2v) is 5.41. The smallest absolute Gasteiger partial charge is 0.239 e.